The summed E-state index contributed by atoms with van der Waals surface area (Å²) in [7, 11) is 4.26. The molecule has 3 aromatic carbocycles. The topological polar surface area (TPSA) is 147 Å². The first-order valence-corrected chi connectivity index (χ1v) is 11.1. The molecule has 0 aliphatic carbocycles. The number of hydrogen-bond acceptors (Lipinski definition) is 9. The van der Waals surface area contributed by atoms with Gasteiger partial charge in [0.05, 0.1) is 32.5 Å². The molecular weight excluding hydrogens is 498 g/mol. The van der Waals surface area contributed by atoms with Crippen LogP contribution >= 0.6 is 0 Å². The number of carboxylic acid groups (broad SMARTS) is 1. The summed E-state index contributed by atoms with van der Waals surface area (Å²) < 4.78 is 25.7. The van der Waals surface area contributed by atoms with Crippen molar-refractivity contribution in [3.8, 4) is 17.2 Å². The minimum Gasteiger partial charge on any atom is -0.497 e. The van der Waals surface area contributed by atoms with Gasteiger partial charge in [0.25, 0.3) is 5.91 Å². The molecule has 0 saturated heterocycles. The van der Waals surface area contributed by atoms with E-state index in [1.807, 2.05) is 0 Å². The largest absolute Gasteiger partial charge is 0.497 e. The monoisotopic (exact) mass is 523 g/mol. The summed E-state index contributed by atoms with van der Waals surface area (Å²) in [5, 5.41) is 12.3. The summed E-state index contributed by atoms with van der Waals surface area (Å²) in [6, 6.07) is 17.7. The Morgan fingerprint density at radius 1 is 0.658 bits per heavy atom. The number of benzene rings is 3. The van der Waals surface area contributed by atoms with Crippen LogP contribution in [0.3, 0.4) is 0 Å². The fraction of sp³-hybridized carbons (Fsp3) is 0.185. The molecule has 0 bridgehead atoms. The maximum absolute atomic E-state index is 13.2. The summed E-state index contributed by atoms with van der Waals surface area (Å²) in [6.45, 7) is 0. The summed E-state index contributed by atoms with van der Waals surface area (Å²) >= 11 is 0. The normalized spacial score (nSPS) is 11.9. The van der Waals surface area contributed by atoms with Crippen LogP contribution in [0.2, 0.25) is 0 Å². The third kappa shape index (κ3) is 7.00. The average Bonchev–Trinajstić information content (AvgIpc) is 2.94. The predicted molar refractivity (Wildman–Crippen MR) is 134 cm³/mol. The number of amides is 1. The number of anilines is 1. The average molecular weight is 523 g/mol. The Hall–Kier alpha value is -5.06. The highest BCUT2D eigenvalue weighted by Crippen LogP contribution is 2.20. The van der Waals surface area contributed by atoms with Crippen molar-refractivity contribution in [3.05, 3.63) is 83.9 Å². The number of carbonyl (C=O) groups excluding carboxylic acids is 3. The highest BCUT2D eigenvalue weighted by atomic mass is 16.6. The van der Waals surface area contributed by atoms with Gasteiger partial charge < -0.3 is 34.1 Å². The van der Waals surface area contributed by atoms with Crippen molar-refractivity contribution >= 4 is 29.5 Å². The maximum Gasteiger partial charge on any atom is 0.349 e. The second kappa shape index (κ2) is 12.8. The van der Waals surface area contributed by atoms with E-state index in [0.29, 0.717) is 17.2 Å². The van der Waals surface area contributed by atoms with Gasteiger partial charge in [-0.15, -0.1) is 0 Å². The lowest BCUT2D eigenvalue weighted by Gasteiger charge is -2.23. The molecule has 198 valence electrons. The van der Waals surface area contributed by atoms with Crippen molar-refractivity contribution < 1.29 is 48.0 Å². The fourth-order valence-electron chi connectivity index (χ4n) is 3.25. The maximum atomic E-state index is 13.2. The van der Waals surface area contributed by atoms with Crippen LogP contribution in [0.4, 0.5) is 5.69 Å². The number of methoxy groups -OCH3 is 3. The molecule has 2 N–H and O–H groups in total. The first-order chi connectivity index (χ1) is 18.2. The Labute approximate surface area is 217 Å². The number of esters is 2. The van der Waals surface area contributed by atoms with Crippen LogP contribution in [0, 0.1) is 0 Å². The quantitative estimate of drug-likeness (QED) is 0.359. The SMILES string of the molecule is COc1ccc(NC(=O)[C@H](OC(=O)c2cccc(OC)c2)[C@H](OC(=O)c2cccc(OC)c2)C(=O)O)cc1. The van der Waals surface area contributed by atoms with Gasteiger partial charge in [0.1, 0.15) is 17.2 Å². The molecule has 11 heteroatoms. The number of ether oxygens (including phenoxy) is 5. The molecule has 0 radical (unpaired) electrons. The lowest BCUT2D eigenvalue weighted by molar-refractivity contribution is -0.157. The number of nitrogens with one attached hydrogen (secondary N) is 1. The van der Waals surface area contributed by atoms with E-state index in [9.17, 15) is 24.3 Å². The first kappa shape index (κ1) is 27.5. The molecule has 0 saturated carbocycles. The van der Waals surface area contributed by atoms with Gasteiger partial charge in [0, 0.05) is 5.69 Å². The number of rotatable bonds is 11. The van der Waals surface area contributed by atoms with Crippen molar-refractivity contribution in [2.75, 3.05) is 26.6 Å². The fourth-order valence-corrected chi connectivity index (χ4v) is 3.25. The lowest BCUT2D eigenvalue weighted by atomic mass is 10.1. The minimum absolute atomic E-state index is 0.0186. The molecule has 0 aliphatic rings. The Bertz CT molecular complexity index is 1310. The van der Waals surface area contributed by atoms with Gasteiger partial charge in [-0.1, -0.05) is 12.1 Å². The summed E-state index contributed by atoms with van der Waals surface area (Å²) in [4.78, 5) is 51.1. The van der Waals surface area contributed by atoms with Gasteiger partial charge in [-0.25, -0.2) is 14.4 Å². The van der Waals surface area contributed by atoms with Gasteiger partial charge in [-0.2, -0.15) is 0 Å². The highest BCUT2D eigenvalue weighted by molar-refractivity contribution is 6.01. The minimum atomic E-state index is -2.19. The molecule has 11 nitrogen and oxygen atoms in total. The summed E-state index contributed by atoms with van der Waals surface area (Å²) in [6.07, 6.45) is -4.26. The van der Waals surface area contributed by atoms with Gasteiger partial charge in [0.15, 0.2) is 0 Å². The van der Waals surface area contributed by atoms with Gasteiger partial charge in [-0.3, -0.25) is 4.79 Å². The molecule has 0 unspecified atom stereocenters. The number of carbonyl (C=O) groups is 4. The third-order valence-electron chi connectivity index (χ3n) is 5.21. The van der Waals surface area contributed by atoms with E-state index in [2.05, 4.69) is 5.32 Å². The zero-order valence-electron chi connectivity index (χ0n) is 20.7. The third-order valence-corrected chi connectivity index (χ3v) is 5.21. The van der Waals surface area contributed by atoms with Crippen LogP contribution in [0.25, 0.3) is 0 Å². The molecular formula is C27H25NO10. The molecule has 0 heterocycles. The molecule has 0 aliphatic heterocycles. The lowest BCUT2D eigenvalue weighted by Crippen LogP contribution is -2.48. The smallest absolute Gasteiger partial charge is 0.349 e. The molecule has 0 aromatic heterocycles. The van der Waals surface area contributed by atoms with Gasteiger partial charge >= 0.3 is 17.9 Å². The first-order valence-electron chi connectivity index (χ1n) is 11.1. The zero-order valence-corrected chi connectivity index (χ0v) is 20.7. The standard InChI is InChI=1S/C27H25NO10/c1-34-19-12-10-18(11-13-19)28-24(29)22(37-26(32)16-6-4-8-20(14-16)35-2)23(25(30)31)38-27(33)17-7-5-9-21(15-17)36-3/h4-15,22-23H,1-3H3,(H,28,29)(H,30,31)/t22-,23+/m1/s1. The van der Waals surface area contributed by atoms with E-state index in [1.54, 1.807) is 24.3 Å². The zero-order chi connectivity index (χ0) is 27.7. The summed E-state index contributed by atoms with van der Waals surface area (Å²) in [5.41, 5.74) is 0.195. The Morgan fingerprint density at radius 2 is 1.13 bits per heavy atom. The van der Waals surface area contributed by atoms with Crippen LogP contribution in [-0.4, -0.2) is 62.5 Å². The van der Waals surface area contributed by atoms with E-state index in [4.69, 9.17) is 23.7 Å². The van der Waals surface area contributed by atoms with Crippen molar-refractivity contribution in [1.82, 2.24) is 0 Å². The van der Waals surface area contributed by atoms with E-state index in [-0.39, 0.29) is 16.8 Å². The van der Waals surface area contributed by atoms with Crippen LogP contribution in [0.5, 0.6) is 17.2 Å². The molecule has 38 heavy (non-hydrogen) atoms. The second-order valence-electron chi connectivity index (χ2n) is 7.67. The molecule has 0 spiro atoms. The molecule has 3 rings (SSSR count). The van der Waals surface area contributed by atoms with Crippen LogP contribution in [0.1, 0.15) is 20.7 Å². The molecule has 3 aromatic rings. The van der Waals surface area contributed by atoms with Crippen LogP contribution < -0.4 is 19.5 Å². The number of hydrogen-bond donors (Lipinski definition) is 2. The van der Waals surface area contributed by atoms with Crippen molar-refractivity contribution in [3.63, 3.8) is 0 Å². The summed E-state index contributed by atoms with van der Waals surface area (Å²) in [5.74, 6) is -3.70. The van der Waals surface area contributed by atoms with E-state index < -0.39 is 36.0 Å². The molecule has 1 amide bonds. The Morgan fingerprint density at radius 3 is 1.58 bits per heavy atom. The van der Waals surface area contributed by atoms with E-state index >= 15 is 0 Å². The number of aliphatic carboxylic acids is 1. The molecule has 0 fully saturated rings. The van der Waals surface area contributed by atoms with Gasteiger partial charge in [-0.05, 0) is 60.7 Å². The van der Waals surface area contributed by atoms with Crippen LogP contribution in [-0.2, 0) is 19.1 Å². The molecule has 2 atom stereocenters. The van der Waals surface area contributed by atoms with Crippen molar-refractivity contribution in [2.45, 2.75) is 12.2 Å². The van der Waals surface area contributed by atoms with E-state index in [0.717, 1.165) is 0 Å². The second-order valence-corrected chi connectivity index (χ2v) is 7.67. The van der Waals surface area contributed by atoms with Gasteiger partial charge in [0.2, 0.25) is 12.2 Å². The van der Waals surface area contributed by atoms with E-state index in [1.165, 1.54) is 69.9 Å². The number of carboxylic acids is 1. The highest BCUT2D eigenvalue weighted by Gasteiger charge is 2.41. The van der Waals surface area contributed by atoms with Crippen molar-refractivity contribution in [2.24, 2.45) is 0 Å². The Kier molecular flexibility index (Phi) is 9.25. The van der Waals surface area contributed by atoms with Crippen LogP contribution in [0.15, 0.2) is 72.8 Å². The Balaban J connectivity index is 1.92. The van der Waals surface area contributed by atoms with Crippen molar-refractivity contribution in [1.29, 1.82) is 0 Å². The predicted octanol–water partition coefficient (Wildman–Crippen LogP) is 3.19.